The minimum absolute atomic E-state index is 0.0686. The van der Waals surface area contributed by atoms with Gasteiger partial charge < -0.3 is 5.32 Å². The van der Waals surface area contributed by atoms with Gasteiger partial charge in [0.1, 0.15) is 11.9 Å². The van der Waals surface area contributed by atoms with Crippen molar-refractivity contribution in [1.82, 2.24) is 0 Å². The van der Waals surface area contributed by atoms with E-state index in [0.29, 0.717) is 5.69 Å². The van der Waals surface area contributed by atoms with Gasteiger partial charge in [-0.1, -0.05) is 6.07 Å². The second kappa shape index (κ2) is 10.0. The van der Waals surface area contributed by atoms with Crippen molar-refractivity contribution in [2.24, 2.45) is 0 Å². The van der Waals surface area contributed by atoms with Gasteiger partial charge in [-0.05, 0) is 92.6 Å². The van der Waals surface area contributed by atoms with E-state index < -0.39 is 37.8 Å². The lowest BCUT2D eigenvalue weighted by molar-refractivity contribution is -0.116. The fourth-order valence-electron chi connectivity index (χ4n) is 3.58. The Bertz CT molecular complexity index is 1420. The first kappa shape index (κ1) is 26.2. The zero-order valence-corrected chi connectivity index (χ0v) is 21.2. The number of rotatable bonds is 8. The minimum Gasteiger partial charge on any atom is -0.324 e. The maximum atomic E-state index is 13.0. The van der Waals surface area contributed by atoms with E-state index in [9.17, 15) is 26.0 Å². The molecule has 8 nitrogen and oxygen atoms in total. The van der Waals surface area contributed by atoms with E-state index in [1.165, 1.54) is 43.3 Å². The largest absolute Gasteiger partial charge is 0.324 e. The summed E-state index contributed by atoms with van der Waals surface area (Å²) in [4.78, 5) is 12.8. The number of anilines is 3. The number of nitrogens with one attached hydrogen (secondary N) is 2. The van der Waals surface area contributed by atoms with Gasteiger partial charge in [-0.3, -0.25) is 13.8 Å². The van der Waals surface area contributed by atoms with Gasteiger partial charge >= 0.3 is 0 Å². The molecule has 11 heteroatoms. The smallest absolute Gasteiger partial charge is 0.261 e. The molecular weight excluding hydrogens is 493 g/mol. The van der Waals surface area contributed by atoms with Crippen LogP contribution in [-0.2, 0) is 24.8 Å². The molecule has 0 aromatic heterocycles. The zero-order valence-electron chi connectivity index (χ0n) is 19.6. The predicted octanol–water partition coefficient (Wildman–Crippen LogP) is 4.04. The fraction of sp³-hybridized carbons (Fsp3) is 0.208. The van der Waals surface area contributed by atoms with Crippen LogP contribution in [0, 0.1) is 19.7 Å². The molecule has 0 aliphatic carbocycles. The van der Waals surface area contributed by atoms with E-state index in [1.807, 2.05) is 19.9 Å². The summed E-state index contributed by atoms with van der Waals surface area (Å²) in [5.41, 5.74) is 2.57. The summed E-state index contributed by atoms with van der Waals surface area (Å²) in [7, 11) is -7.72. The summed E-state index contributed by atoms with van der Waals surface area (Å²) in [6.07, 6.45) is 1.03. The van der Waals surface area contributed by atoms with Crippen LogP contribution in [0.2, 0.25) is 0 Å². The Morgan fingerprint density at radius 2 is 1.37 bits per heavy atom. The summed E-state index contributed by atoms with van der Waals surface area (Å²) < 4.78 is 66.6. The van der Waals surface area contributed by atoms with Crippen LogP contribution >= 0.6 is 0 Å². The summed E-state index contributed by atoms with van der Waals surface area (Å²) in [5, 5.41) is 2.63. The number of hydrogen-bond donors (Lipinski definition) is 2. The lowest BCUT2D eigenvalue weighted by Gasteiger charge is -2.28. The van der Waals surface area contributed by atoms with Crippen molar-refractivity contribution in [2.45, 2.75) is 31.7 Å². The van der Waals surface area contributed by atoms with Crippen LogP contribution in [0.25, 0.3) is 0 Å². The monoisotopic (exact) mass is 519 g/mol. The SMILES string of the molecule is Cc1cc(C)cc(N([C@@H](C)C(=O)Nc2ccc(S(=O)(=O)Nc3ccc(F)cc3)cc2)S(C)(=O)=O)c1. The Morgan fingerprint density at radius 3 is 1.89 bits per heavy atom. The predicted molar refractivity (Wildman–Crippen MR) is 135 cm³/mol. The number of amides is 1. The lowest BCUT2D eigenvalue weighted by atomic mass is 10.1. The zero-order chi connectivity index (χ0) is 26.0. The van der Waals surface area contributed by atoms with E-state index in [-0.39, 0.29) is 16.3 Å². The lowest BCUT2D eigenvalue weighted by Crippen LogP contribution is -2.45. The standard InChI is InChI=1S/C24H26FN3O5S2/c1-16-13-17(2)15-22(14-16)28(34(4,30)31)18(3)24(29)26-20-9-11-23(12-10-20)35(32,33)27-21-7-5-19(25)6-8-21/h5-15,18,27H,1-4H3,(H,26,29)/t18-/m0/s1. The summed E-state index contributed by atoms with van der Waals surface area (Å²) in [6, 6.07) is 14.4. The second-order valence-corrected chi connectivity index (χ2v) is 11.7. The minimum atomic E-state index is -3.94. The van der Waals surface area contributed by atoms with Crippen molar-refractivity contribution >= 4 is 43.0 Å². The molecule has 3 rings (SSSR count). The summed E-state index contributed by atoms with van der Waals surface area (Å²) >= 11 is 0. The number of benzene rings is 3. The molecule has 0 aliphatic rings. The fourth-order valence-corrected chi connectivity index (χ4v) is 5.80. The van der Waals surface area contributed by atoms with Crippen molar-refractivity contribution in [1.29, 1.82) is 0 Å². The Morgan fingerprint density at radius 1 is 0.857 bits per heavy atom. The third kappa shape index (κ3) is 6.58. The third-order valence-electron chi connectivity index (χ3n) is 5.08. The van der Waals surface area contributed by atoms with E-state index in [0.717, 1.165) is 33.8 Å². The molecule has 0 radical (unpaired) electrons. The third-order valence-corrected chi connectivity index (χ3v) is 7.72. The van der Waals surface area contributed by atoms with Gasteiger partial charge in [0.15, 0.2) is 0 Å². The number of hydrogen-bond acceptors (Lipinski definition) is 5. The Balaban J connectivity index is 1.78. The highest BCUT2D eigenvalue weighted by Gasteiger charge is 2.29. The average molecular weight is 520 g/mol. The Kier molecular flexibility index (Phi) is 7.51. The van der Waals surface area contributed by atoms with E-state index in [2.05, 4.69) is 10.0 Å². The van der Waals surface area contributed by atoms with Gasteiger partial charge in [0.05, 0.1) is 16.8 Å². The molecule has 0 aliphatic heterocycles. The van der Waals surface area contributed by atoms with Gasteiger partial charge in [0.25, 0.3) is 10.0 Å². The van der Waals surface area contributed by atoms with Crippen LogP contribution < -0.4 is 14.3 Å². The molecule has 1 atom stereocenters. The van der Waals surface area contributed by atoms with Crippen molar-refractivity contribution in [3.8, 4) is 0 Å². The van der Waals surface area contributed by atoms with Gasteiger partial charge in [-0.2, -0.15) is 0 Å². The number of carbonyl (C=O) groups is 1. The molecule has 3 aromatic rings. The Hall–Kier alpha value is -3.44. The van der Waals surface area contributed by atoms with Gasteiger partial charge in [0, 0.05) is 11.4 Å². The quantitative estimate of drug-likeness (QED) is 0.467. The highest BCUT2D eigenvalue weighted by molar-refractivity contribution is 7.92. The highest BCUT2D eigenvalue weighted by atomic mass is 32.2. The van der Waals surface area contributed by atoms with E-state index >= 15 is 0 Å². The number of sulfonamides is 2. The summed E-state index contributed by atoms with van der Waals surface area (Å²) in [5.74, 6) is -1.08. The summed E-state index contributed by atoms with van der Waals surface area (Å²) in [6.45, 7) is 5.14. The van der Waals surface area contributed by atoms with E-state index in [4.69, 9.17) is 0 Å². The number of aryl methyl sites for hydroxylation is 2. The molecule has 0 unspecified atom stereocenters. The van der Waals surface area contributed by atoms with E-state index in [1.54, 1.807) is 12.1 Å². The molecule has 1 amide bonds. The Labute approximate surface area is 204 Å². The van der Waals surface area contributed by atoms with Gasteiger partial charge in [-0.15, -0.1) is 0 Å². The van der Waals surface area contributed by atoms with Gasteiger partial charge in [0.2, 0.25) is 15.9 Å². The first-order valence-corrected chi connectivity index (χ1v) is 13.9. The molecule has 0 heterocycles. The van der Waals surface area contributed by atoms with Crippen LogP contribution in [-0.4, -0.2) is 35.0 Å². The van der Waals surface area contributed by atoms with Crippen molar-refractivity contribution < 1.29 is 26.0 Å². The first-order valence-electron chi connectivity index (χ1n) is 10.5. The molecule has 0 saturated carbocycles. The molecule has 0 bridgehead atoms. The van der Waals surface area contributed by atoms with Gasteiger partial charge in [-0.25, -0.2) is 21.2 Å². The number of halogens is 1. The second-order valence-electron chi connectivity index (χ2n) is 8.21. The number of nitrogens with zero attached hydrogens (tertiary/aromatic N) is 1. The maximum absolute atomic E-state index is 13.0. The van der Waals surface area contributed by atoms with Crippen LogP contribution in [0.5, 0.6) is 0 Å². The topological polar surface area (TPSA) is 113 Å². The molecule has 3 aromatic carbocycles. The molecule has 0 fully saturated rings. The van der Waals surface area contributed by atoms with Crippen molar-refractivity contribution in [2.75, 3.05) is 20.6 Å². The first-order chi connectivity index (χ1) is 16.3. The van der Waals surface area contributed by atoms with Crippen LogP contribution in [0.15, 0.2) is 71.6 Å². The van der Waals surface area contributed by atoms with Crippen LogP contribution in [0.3, 0.4) is 0 Å². The molecule has 35 heavy (non-hydrogen) atoms. The number of carbonyl (C=O) groups excluding carboxylic acids is 1. The average Bonchev–Trinajstić information content (AvgIpc) is 2.74. The van der Waals surface area contributed by atoms with Crippen LogP contribution in [0.1, 0.15) is 18.1 Å². The molecule has 0 spiro atoms. The van der Waals surface area contributed by atoms with Crippen molar-refractivity contribution in [3.05, 3.63) is 83.7 Å². The molecule has 0 saturated heterocycles. The maximum Gasteiger partial charge on any atom is 0.261 e. The highest BCUT2D eigenvalue weighted by Crippen LogP contribution is 2.25. The molecular formula is C24H26FN3O5S2. The molecule has 186 valence electrons. The normalized spacial score (nSPS) is 12.6. The van der Waals surface area contributed by atoms with Crippen LogP contribution in [0.4, 0.5) is 21.5 Å². The molecule has 2 N–H and O–H groups in total. The van der Waals surface area contributed by atoms with Crippen molar-refractivity contribution in [3.63, 3.8) is 0 Å².